The standard InChI is InChI=1S/C17H13F2N3O/c18-13-5-1-11(2-6-13)10-20-17(23)16-9-15(21-22-16)12-3-7-14(19)8-4-12/h1-9H,10H2,(H,20,23)(H,21,22). The van der Waals surface area contributed by atoms with Gasteiger partial charge in [-0.3, -0.25) is 9.89 Å². The molecule has 1 amide bonds. The molecule has 0 aliphatic heterocycles. The number of carbonyl (C=O) groups is 1. The molecule has 1 heterocycles. The SMILES string of the molecule is O=C(NCc1ccc(F)cc1)c1cc(-c2ccc(F)cc2)n[nH]1. The van der Waals surface area contributed by atoms with Gasteiger partial charge >= 0.3 is 0 Å². The summed E-state index contributed by atoms with van der Waals surface area (Å²) in [6, 6.07) is 13.3. The molecule has 2 N–H and O–H groups in total. The fourth-order valence-electron chi connectivity index (χ4n) is 2.09. The van der Waals surface area contributed by atoms with Crippen LogP contribution in [0.5, 0.6) is 0 Å². The summed E-state index contributed by atoms with van der Waals surface area (Å²) in [4.78, 5) is 12.1. The van der Waals surface area contributed by atoms with E-state index >= 15 is 0 Å². The molecule has 2 aromatic carbocycles. The molecule has 0 atom stereocenters. The Balaban J connectivity index is 1.66. The molecule has 0 saturated carbocycles. The predicted molar refractivity (Wildman–Crippen MR) is 81.6 cm³/mol. The van der Waals surface area contributed by atoms with Crippen molar-refractivity contribution in [1.29, 1.82) is 0 Å². The van der Waals surface area contributed by atoms with Crippen molar-refractivity contribution in [2.24, 2.45) is 0 Å². The fraction of sp³-hybridized carbons (Fsp3) is 0.0588. The van der Waals surface area contributed by atoms with Gasteiger partial charge in [0.05, 0.1) is 5.69 Å². The molecule has 0 radical (unpaired) electrons. The second-order valence-corrected chi connectivity index (χ2v) is 4.98. The van der Waals surface area contributed by atoms with Crippen molar-refractivity contribution >= 4 is 5.91 Å². The minimum absolute atomic E-state index is 0.282. The van der Waals surface area contributed by atoms with Gasteiger partial charge in [0.2, 0.25) is 0 Å². The molecule has 3 aromatic rings. The molecule has 3 rings (SSSR count). The second kappa shape index (κ2) is 6.39. The minimum Gasteiger partial charge on any atom is -0.347 e. The average molecular weight is 313 g/mol. The van der Waals surface area contributed by atoms with Crippen molar-refractivity contribution < 1.29 is 13.6 Å². The topological polar surface area (TPSA) is 57.8 Å². The van der Waals surface area contributed by atoms with Crippen LogP contribution in [0.25, 0.3) is 11.3 Å². The lowest BCUT2D eigenvalue weighted by Gasteiger charge is -2.03. The molecule has 0 fully saturated rings. The maximum Gasteiger partial charge on any atom is 0.269 e. The first kappa shape index (κ1) is 14.9. The summed E-state index contributed by atoms with van der Waals surface area (Å²) in [6.07, 6.45) is 0. The molecule has 0 saturated heterocycles. The number of hydrogen-bond acceptors (Lipinski definition) is 2. The van der Waals surface area contributed by atoms with Crippen molar-refractivity contribution in [2.45, 2.75) is 6.54 Å². The lowest BCUT2D eigenvalue weighted by Crippen LogP contribution is -2.23. The number of amides is 1. The van der Waals surface area contributed by atoms with E-state index in [-0.39, 0.29) is 24.1 Å². The van der Waals surface area contributed by atoms with Crippen LogP contribution in [0.3, 0.4) is 0 Å². The maximum absolute atomic E-state index is 12.9. The van der Waals surface area contributed by atoms with Gasteiger partial charge in [-0.2, -0.15) is 5.10 Å². The molecule has 0 bridgehead atoms. The van der Waals surface area contributed by atoms with Crippen LogP contribution in [0.2, 0.25) is 0 Å². The van der Waals surface area contributed by atoms with Crippen molar-refractivity contribution in [1.82, 2.24) is 15.5 Å². The van der Waals surface area contributed by atoms with Gasteiger partial charge < -0.3 is 5.32 Å². The van der Waals surface area contributed by atoms with Crippen LogP contribution >= 0.6 is 0 Å². The number of halogens is 2. The first-order valence-corrected chi connectivity index (χ1v) is 6.96. The predicted octanol–water partition coefficient (Wildman–Crippen LogP) is 3.28. The molecule has 116 valence electrons. The van der Waals surface area contributed by atoms with Gasteiger partial charge in [-0.15, -0.1) is 0 Å². The summed E-state index contributed by atoms with van der Waals surface area (Å²) in [5, 5.41) is 9.41. The summed E-state index contributed by atoms with van der Waals surface area (Å²) < 4.78 is 25.7. The molecular formula is C17H13F2N3O. The van der Waals surface area contributed by atoms with E-state index in [0.717, 1.165) is 5.56 Å². The monoisotopic (exact) mass is 313 g/mol. The largest absolute Gasteiger partial charge is 0.347 e. The first-order chi connectivity index (χ1) is 11.1. The van der Waals surface area contributed by atoms with Crippen LogP contribution in [0.4, 0.5) is 8.78 Å². The van der Waals surface area contributed by atoms with Crippen molar-refractivity contribution in [3.05, 3.63) is 77.5 Å². The van der Waals surface area contributed by atoms with Crippen LogP contribution in [0.1, 0.15) is 16.1 Å². The molecular weight excluding hydrogens is 300 g/mol. The molecule has 6 heteroatoms. The Bertz CT molecular complexity index is 811. The van der Waals surface area contributed by atoms with E-state index in [1.54, 1.807) is 30.3 Å². The van der Waals surface area contributed by atoms with Crippen LogP contribution in [-0.4, -0.2) is 16.1 Å². The Morgan fingerprint density at radius 3 is 2.26 bits per heavy atom. The molecule has 23 heavy (non-hydrogen) atoms. The van der Waals surface area contributed by atoms with E-state index in [9.17, 15) is 13.6 Å². The average Bonchev–Trinajstić information content (AvgIpc) is 3.05. The van der Waals surface area contributed by atoms with Crippen molar-refractivity contribution in [3.63, 3.8) is 0 Å². The third-order valence-corrected chi connectivity index (χ3v) is 3.33. The highest BCUT2D eigenvalue weighted by molar-refractivity contribution is 5.93. The van der Waals surface area contributed by atoms with Crippen LogP contribution in [0, 0.1) is 11.6 Å². The van der Waals surface area contributed by atoms with Gasteiger partial charge in [-0.1, -0.05) is 12.1 Å². The highest BCUT2D eigenvalue weighted by Gasteiger charge is 2.11. The van der Waals surface area contributed by atoms with Crippen molar-refractivity contribution in [3.8, 4) is 11.3 Å². The van der Waals surface area contributed by atoms with Gasteiger partial charge in [0, 0.05) is 12.1 Å². The lowest BCUT2D eigenvalue weighted by atomic mass is 10.1. The van der Waals surface area contributed by atoms with Gasteiger partial charge in [0.1, 0.15) is 17.3 Å². The van der Waals surface area contributed by atoms with E-state index in [4.69, 9.17) is 0 Å². The molecule has 0 spiro atoms. The molecule has 0 aliphatic carbocycles. The number of aromatic nitrogens is 2. The molecule has 4 nitrogen and oxygen atoms in total. The van der Waals surface area contributed by atoms with E-state index in [1.165, 1.54) is 24.3 Å². The first-order valence-electron chi connectivity index (χ1n) is 6.96. The highest BCUT2D eigenvalue weighted by atomic mass is 19.1. The quantitative estimate of drug-likeness (QED) is 0.776. The zero-order chi connectivity index (χ0) is 16.2. The number of nitrogens with one attached hydrogen (secondary N) is 2. The van der Waals surface area contributed by atoms with E-state index in [1.807, 2.05) is 0 Å². The van der Waals surface area contributed by atoms with E-state index in [0.29, 0.717) is 17.0 Å². The number of aromatic amines is 1. The molecule has 0 unspecified atom stereocenters. The Hall–Kier alpha value is -3.02. The lowest BCUT2D eigenvalue weighted by molar-refractivity contribution is 0.0946. The third-order valence-electron chi connectivity index (χ3n) is 3.33. The van der Waals surface area contributed by atoms with Gasteiger partial charge in [-0.05, 0) is 48.0 Å². The number of carbonyl (C=O) groups excluding carboxylic acids is 1. The minimum atomic E-state index is -0.332. The van der Waals surface area contributed by atoms with Gasteiger partial charge in [-0.25, -0.2) is 8.78 Å². The van der Waals surface area contributed by atoms with Crippen LogP contribution < -0.4 is 5.32 Å². The normalized spacial score (nSPS) is 10.5. The number of nitrogens with zero attached hydrogens (tertiary/aromatic N) is 1. The van der Waals surface area contributed by atoms with E-state index < -0.39 is 0 Å². The van der Waals surface area contributed by atoms with Crippen LogP contribution in [-0.2, 0) is 6.54 Å². The molecule has 1 aromatic heterocycles. The summed E-state index contributed by atoms with van der Waals surface area (Å²) in [5.74, 6) is -0.977. The van der Waals surface area contributed by atoms with Crippen LogP contribution in [0.15, 0.2) is 54.6 Å². The Morgan fingerprint density at radius 1 is 1.00 bits per heavy atom. The number of benzene rings is 2. The number of hydrogen-bond donors (Lipinski definition) is 2. The highest BCUT2D eigenvalue weighted by Crippen LogP contribution is 2.18. The van der Waals surface area contributed by atoms with E-state index in [2.05, 4.69) is 15.5 Å². The number of H-pyrrole nitrogens is 1. The third kappa shape index (κ3) is 3.60. The smallest absolute Gasteiger partial charge is 0.269 e. The zero-order valence-corrected chi connectivity index (χ0v) is 12.0. The van der Waals surface area contributed by atoms with Gasteiger partial charge in [0.15, 0.2) is 0 Å². The second-order valence-electron chi connectivity index (χ2n) is 4.98. The van der Waals surface area contributed by atoms with Gasteiger partial charge in [0.25, 0.3) is 5.91 Å². The van der Waals surface area contributed by atoms with Crippen molar-refractivity contribution in [2.75, 3.05) is 0 Å². The summed E-state index contributed by atoms with van der Waals surface area (Å²) in [6.45, 7) is 0.282. The number of rotatable bonds is 4. The summed E-state index contributed by atoms with van der Waals surface area (Å²) in [5.41, 5.74) is 2.35. The zero-order valence-electron chi connectivity index (χ0n) is 12.0. The Kier molecular flexibility index (Phi) is 4.14. The fourth-order valence-corrected chi connectivity index (χ4v) is 2.09. The Labute approximate surface area is 131 Å². The molecule has 0 aliphatic rings. The Morgan fingerprint density at radius 2 is 1.61 bits per heavy atom. The maximum atomic E-state index is 12.9. The summed E-state index contributed by atoms with van der Waals surface area (Å²) >= 11 is 0. The summed E-state index contributed by atoms with van der Waals surface area (Å²) in [7, 11) is 0.